The Balaban J connectivity index is 2.09. The zero-order valence-corrected chi connectivity index (χ0v) is 15.5. The minimum atomic E-state index is -0.940. The Morgan fingerprint density at radius 1 is 1.26 bits per heavy atom. The minimum absolute atomic E-state index is 0.112. The molecule has 0 radical (unpaired) electrons. The summed E-state index contributed by atoms with van der Waals surface area (Å²) >= 11 is 0. The lowest BCUT2D eigenvalue weighted by Crippen LogP contribution is -2.47. The van der Waals surface area contributed by atoms with Crippen LogP contribution in [-0.2, 0) is 9.59 Å². The summed E-state index contributed by atoms with van der Waals surface area (Å²) in [6.45, 7) is 0.273. The van der Waals surface area contributed by atoms with Crippen LogP contribution in [0.3, 0.4) is 0 Å². The van der Waals surface area contributed by atoms with Gasteiger partial charge in [-0.15, -0.1) is 0 Å². The fraction of sp³-hybridized carbons (Fsp3) is 0.500. The number of likely N-dealkylation sites (tertiary alicyclic amines) is 1. The van der Waals surface area contributed by atoms with Crippen LogP contribution in [0.1, 0.15) is 23.2 Å². The van der Waals surface area contributed by atoms with E-state index in [9.17, 15) is 18.8 Å². The van der Waals surface area contributed by atoms with Crippen molar-refractivity contribution in [2.24, 2.45) is 5.92 Å². The van der Waals surface area contributed by atoms with Gasteiger partial charge >= 0.3 is 5.97 Å². The number of hydrogen-bond acceptors (Lipinski definition) is 5. The Kier molecular flexibility index (Phi) is 6.59. The molecule has 1 heterocycles. The summed E-state index contributed by atoms with van der Waals surface area (Å²) in [6, 6.07) is 2.27. The highest BCUT2D eigenvalue weighted by atomic mass is 19.1. The molecule has 9 heteroatoms. The normalized spacial score (nSPS) is 16.6. The van der Waals surface area contributed by atoms with Crippen LogP contribution >= 0.6 is 0 Å². The predicted molar refractivity (Wildman–Crippen MR) is 93.4 cm³/mol. The second-order valence-electron chi connectivity index (χ2n) is 6.37. The number of piperidine rings is 1. The molecule has 0 saturated carbocycles. The van der Waals surface area contributed by atoms with Gasteiger partial charge in [-0.3, -0.25) is 14.4 Å². The van der Waals surface area contributed by atoms with Crippen LogP contribution < -0.4 is 9.47 Å². The summed E-state index contributed by atoms with van der Waals surface area (Å²) in [5.74, 6) is -3.05. The number of carboxylic acid groups (broad SMARTS) is 1. The number of carbonyl (C=O) groups excluding carboxylic acids is 2. The summed E-state index contributed by atoms with van der Waals surface area (Å²) in [7, 11) is 4.11. The van der Waals surface area contributed by atoms with Gasteiger partial charge in [0.1, 0.15) is 5.82 Å². The number of methoxy groups -OCH3 is 2. The van der Waals surface area contributed by atoms with E-state index in [2.05, 4.69) is 0 Å². The van der Waals surface area contributed by atoms with Crippen LogP contribution in [0.4, 0.5) is 4.39 Å². The minimum Gasteiger partial charge on any atom is -0.493 e. The number of ether oxygens (including phenoxy) is 2. The number of halogens is 1. The van der Waals surface area contributed by atoms with Gasteiger partial charge in [-0.05, 0) is 18.9 Å². The second kappa shape index (κ2) is 8.70. The molecular formula is C18H23FN2O6. The largest absolute Gasteiger partial charge is 0.493 e. The SMILES string of the molecule is COc1cc(F)c(C(=O)N(C)CC(=O)N2CCCC(C(=O)O)C2)cc1OC. The molecule has 1 aliphatic heterocycles. The summed E-state index contributed by atoms with van der Waals surface area (Å²) in [6.07, 6.45) is 1.11. The number of carbonyl (C=O) groups is 3. The smallest absolute Gasteiger partial charge is 0.308 e. The van der Waals surface area contributed by atoms with E-state index in [0.29, 0.717) is 19.4 Å². The Morgan fingerprint density at radius 2 is 1.89 bits per heavy atom. The van der Waals surface area contributed by atoms with Gasteiger partial charge in [-0.1, -0.05) is 0 Å². The Hall–Kier alpha value is -2.84. The maximum atomic E-state index is 14.3. The van der Waals surface area contributed by atoms with Crippen molar-refractivity contribution < 1.29 is 33.4 Å². The van der Waals surface area contributed by atoms with Crippen molar-refractivity contribution in [1.82, 2.24) is 9.80 Å². The molecule has 8 nitrogen and oxygen atoms in total. The molecule has 1 unspecified atom stereocenters. The number of likely N-dealkylation sites (N-methyl/N-ethyl adjacent to an activating group) is 1. The lowest BCUT2D eigenvalue weighted by molar-refractivity contribution is -0.145. The fourth-order valence-corrected chi connectivity index (χ4v) is 3.00. The second-order valence-corrected chi connectivity index (χ2v) is 6.37. The third-order valence-electron chi connectivity index (χ3n) is 4.55. The van der Waals surface area contributed by atoms with E-state index in [1.54, 1.807) is 0 Å². The van der Waals surface area contributed by atoms with Gasteiger partial charge in [0.25, 0.3) is 5.91 Å². The van der Waals surface area contributed by atoms with Crippen LogP contribution in [-0.4, -0.2) is 73.6 Å². The Bertz CT molecular complexity index is 739. The maximum Gasteiger partial charge on any atom is 0.308 e. The van der Waals surface area contributed by atoms with E-state index in [4.69, 9.17) is 14.6 Å². The standard InChI is InChI=1S/C18H23FN2O6/c1-20(10-16(22)21-6-4-5-11(9-21)18(24)25)17(23)12-7-14(26-2)15(27-3)8-13(12)19/h7-8,11H,4-6,9-10H2,1-3H3,(H,24,25). The van der Waals surface area contributed by atoms with Gasteiger partial charge < -0.3 is 24.4 Å². The molecule has 2 rings (SSSR count). The van der Waals surface area contributed by atoms with Gasteiger partial charge in [-0.25, -0.2) is 4.39 Å². The van der Waals surface area contributed by atoms with Gasteiger partial charge in [-0.2, -0.15) is 0 Å². The van der Waals surface area contributed by atoms with E-state index in [1.165, 1.54) is 32.2 Å². The maximum absolute atomic E-state index is 14.3. The average Bonchev–Trinajstić information content (AvgIpc) is 2.66. The number of amides is 2. The first-order valence-electron chi connectivity index (χ1n) is 8.46. The molecule has 148 valence electrons. The lowest BCUT2D eigenvalue weighted by atomic mass is 9.98. The molecule has 0 spiro atoms. The van der Waals surface area contributed by atoms with Crippen LogP contribution in [0.25, 0.3) is 0 Å². The number of carboxylic acids is 1. The van der Waals surface area contributed by atoms with Gasteiger partial charge in [0, 0.05) is 26.2 Å². The molecule has 27 heavy (non-hydrogen) atoms. The van der Waals surface area contributed by atoms with E-state index in [1.807, 2.05) is 0 Å². The molecule has 1 N–H and O–H groups in total. The highest BCUT2D eigenvalue weighted by molar-refractivity contribution is 5.97. The topological polar surface area (TPSA) is 96.4 Å². The van der Waals surface area contributed by atoms with Crippen LogP contribution in [0.5, 0.6) is 11.5 Å². The quantitative estimate of drug-likeness (QED) is 0.795. The molecule has 1 fully saturated rings. The van der Waals surface area contributed by atoms with Crippen LogP contribution in [0.15, 0.2) is 12.1 Å². The van der Waals surface area contributed by atoms with Crippen molar-refractivity contribution in [3.05, 3.63) is 23.5 Å². The third kappa shape index (κ3) is 4.66. The average molecular weight is 382 g/mol. The third-order valence-corrected chi connectivity index (χ3v) is 4.55. The van der Waals surface area contributed by atoms with Crippen molar-refractivity contribution in [2.75, 3.05) is 40.9 Å². The first kappa shape index (κ1) is 20.5. The van der Waals surface area contributed by atoms with E-state index >= 15 is 0 Å². The summed E-state index contributed by atoms with van der Waals surface area (Å²) in [5.41, 5.74) is -0.245. The van der Waals surface area contributed by atoms with Gasteiger partial charge in [0.2, 0.25) is 5.91 Å². The van der Waals surface area contributed by atoms with E-state index in [0.717, 1.165) is 11.0 Å². The highest BCUT2D eigenvalue weighted by Crippen LogP contribution is 2.30. The molecule has 0 aliphatic carbocycles. The molecule has 0 aromatic heterocycles. The molecule has 2 amide bonds. The molecule has 1 aromatic rings. The van der Waals surface area contributed by atoms with Crippen molar-refractivity contribution in [3.63, 3.8) is 0 Å². The van der Waals surface area contributed by atoms with Gasteiger partial charge in [0.05, 0.1) is 32.2 Å². The Labute approximate surface area is 156 Å². The van der Waals surface area contributed by atoms with Crippen molar-refractivity contribution in [3.8, 4) is 11.5 Å². The predicted octanol–water partition coefficient (Wildman–Crippen LogP) is 1.24. The molecule has 1 atom stereocenters. The number of rotatable bonds is 6. The zero-order chi connectivity index (χ0) is 20.1. The summed E-state index contributed by atoms with van der Waals surface area (Å²) in [5, 5.41) is 9.11. The highest BCUT2D eigenvalue weighted by Gasteiger charge is 2.29. The molecular weight excluding hydrogens is 359 g/mol. The van der Waals surface area contributed by atoms with Crippen molar-refractivity contribution in [1.29, 1.82) is 0 Å². The van der Waals surface area contributed by atoms with Crippen LogP contribution in [0.2, 0.25) is 0 Å². The summed E-state index contributed by atoms with van der Waals surface area (Å²) in [4.78, 5) is 38.6. The molecule has 0 bridgehead atoms. The Morgan fingerprint density at radius 3 is 2.48 bits per heavy atom. The summed E-state index contributed by atoms with van der Waals surface area (Å²) < 4.78 is 24.3. The van der Waals surface area contributed by atoms with Gasteiger partial charge in [0.15, 0.2) is 11.5 Å². The van der Waals surface area contributed by atoms with Crippen molar-refractivity contribution in [2.45, 2.75) is 12.8 Å². The van der Waals surface area contributed by atoms with E-state index < -0.39 is 23.6 Å². The number of benzene rings is 1. The fourth-order valence-electron chi connectivity index (χ4n) is 3.00. The molecule has 1 saturated heterocycles. The van der Waals surface area contributed by atoms with Crippen molar-refractivity contribution >= 4 is 17.8 Å². The number of hydrogen-bond donors (Lipinski definition) is 1. The zero-order valence-electron chi connectivity index (χ0n) is 15.5. The number of nitrogens with zero attached hydrogens (tertiary/aromatic N) is 2. The lowest BCUT2D eigenvalue weighted by Gasteiger charge is -2.32. The first-order valence-corrected chi connectivity index (χ1v) is 8.46. The molecule has 1 aliphatic rings. The molecule has 1 aromatic carbocycles. The van der Waals surface area contributed by atoms with Crippen LogP contribution in [0, 0.1) is 11.7 Å². The monoisotopic (exact) mass is 382 g/mol. The number of aliphatic carboxylic acids is 1. The van der Waals surface area contributed by atoms with E-state index in [-0.39, 0.29) is 36.1 Å². The first-order chi connectivity index (χ1) is 12.8.